The lowest BCUT2D eigenvalue weighted by atomic mass is 9.88. The summed E-state index contributed by atoms with van der Waals surface area (Å²) in [6.07, 6.45) is 8.22. The normalized spacial score (nSPS) is 18.4. The van der Waals surface area contributed by atoms with Crippen LogP contribution in [-0.2, 0) is 9.59 Å². The molecule has 0 aromatic rings. The van der Waals surface area contributed by atoms with Gasteiger partial charge in [0.05, 0.1) is 0 Å². The second-order valence-corrected chi connectivity index (χ2v) is 4.66. The van der Waals surface area contributed by atoms with E-state index in [9.17, 15) is 9.59 Å². The van der Waals surface area contributed by atoms with E-state index >= 15 is 0 Å². The molecule has 0 aromatic heterocycles. The number of primary amides is 1. The van der Waals surface area contributed by atoms with Crippen molar-refractivity contribution in [2.75, 3.05) is 0 Å². The predicted molar refractivity (Wildman–Crippen MR) is 67.1 cm³/mol. The van der Waals surface area contributed by atoms with Crippen molar-refractivity contribution < 1.29 is 9.59 Å². The molecule has 1 saturated carbocycles. The standard InChI is InChI=1S/C13H22N2O2/c1-2-3-9-11(12(14)16)15-13(17)10-7-5-4-6-8-10/h2,10-11H,1,3-9H2,(H2,14,16)(H,15,17)/t11-/m1/s1. The SMILES string of the molecule is C=CCC[C@@H](NC(=O)C1CCCCC1)C(N)=O. The highest BCUT2D eigenvalue weighted by atomic mass is 16.2. The molecular weight excluding hydrogens is 216 g/mol. The highest BCUT2D eigenvalue weighted by molar-refractivity contribution is 5.87. The van der Waals surface area contributed by atoms with E-state index in [2.05, 4.69) is 11.9 Å². The third kappa shape index (κ3) is 4.59. The summed E-state index contributed by atoms with van der Waals surface area (Å²) in [5, 5.41) is 2.76. The molecule has 1 aliphatic rings. The Balaban J connectivity index is 2.44. The maximum Gasteiger partial charge on any atom is 0.240 e. The third-order valence-electron chi connectivity index (χ3n) is 3.30. The molecule has 0 heterocycles. The van der Waals surface area contributed by atoms with Gasteiger partial charge in [0, 0.05) is 5.92 Å². The fourth-order valence-corrected chi connectivity index (χ4v) is 2.22. The van der Waals surface area contributed by atoms with Crippen LogP contribution in [0.2, 0.25) is 0 Å². The molecule has 1 rings (SSSR count). The van der Waals surface area contributed by atoms with E-state index in [0.717, 1.165) is 25.7 Å². The molecule has 0 aliphatic heterocycles. The van der Waals surface area contributed by atoms with Gasteiger partial charge < -0.3 is 11.1 Å². The van der Waals surface area contributed by atoms with E-state index in [-0.39, 0.29) is 11.8 Å². The Morgan fingerprint density at radius 3 is 2.53 bits per heavy atom. The van der Waals surface area contributed by atoms with Crippen molar-refractivity contribution in [2.45, 2.75) is 51.0 Å². The molecule has 2 amide bonds. The first-order chi connectivity index (χ1) is 8.15. The predicted octanol–water partition coefficient (Wildman–Crippen LogP) is 1.50. The Labute approximate surface area is 103 Å². The van der Waals surface area contributed by atoms with Gasteiger partial charge in [0.25, 0.3) is 0 Å². The van der Waals surface area contributed by atoms with Crippen LogP contribution in [0.4, 0.5) is 0 Å². The molecule has 0 bridgehead atoms. The van der Waals surface area contributed by atoms with Gasteiger partial charge in [0.1, 0.15) is 6.04 Å². The molecule has 0 aromatic carbocycles. The highest BCUT2D eigenvalue weighted by Crippen LogP contribution is 2.23. The van der Waals surface area contributed by atoms with Gasteiger partial charge in [-0.2, -0.15) is 0 Å². The lowest BCUT2D eigenvalue weighted by Gasteiger charge is -2.23. The second kappa shape index (κ2) is 7.09. The number of nitrogens with one attached hydrogen (secondary N) is 1. The van der Waals surface area contributed by atoms with Crippen LogP contribution in [0.1, 0.15) is 44.9 Å². The van der Waals surface area contributed by atoms with Crippen LogP contribution < -0.4 is 11.1 Å². The first-order valence-electron chi connectivity index (χ1n) is 6.35. The lowest BCUT2D eigenvalue weighted by Crippen LogP contribution is -2.46. The van der Waals surface area contributed by atoms with Crippen molar-refractivity contribution in [3.63, 3.8) is 0 Å². The smallest absolute Gasteiger partial charge is 0.240 e. The van der Waals surface area contributed by atoms with Crippen molar-refractivity contribution in [1.82, 2.24) is 5.32 Å². The summed E-state index contributed by atoms with van der Waals surface area (Å²) >= 11 is 0. The Hall–Kier alpha value is -1.32. The number of allylic oxidation sites excluding steroid dienone is 1. The Bertz CT molecular complexity index is 283. The fraction of sp³-hybridized carbons (Fsp3) is 0.692. The summed E-state index contributed by atoms with van der Waals surface area (Å²) in [7, 11) is 0. The summed E-state index contributed by atoms with van der Waals surface area (Å²) in [5.41, 5.74) is 5.27. The Morgan fingerprint density at radius 2 is 2.00 bits per heavy atom. The van der Waals surface area contributed by atoms with Gasteiger partial charge in [0.2, 0.25) is 11.8 Å². The maximum atomic E-state index is 11.9. The number of rotatable bonds is 6. The zero-order valence-electron chi connectivity index (χ0n) is 10.3. The molecule has 1 fully saturated rings. The summed E-state index contributed by atoms with van der Waals surface area (Å²) < 4.78 is 0. The minimum Gasteiger partial charge on any atom is -0.368 e. The average molecular weight is 238 g/mol. The second-order valence-electron chi connectivity index (χ2n) is 4.66. The van der Waals surface area contributed by atoms with Gasteiger partial charge in [-0.25, -0.2) is 0 Å². The van der Waals surface area contributed by atoms with Crippen LogP contribution in [0.3, 0.4) is 0 Å². The average Bonchev–Trinajstić information content (AvgIpc) is 2.35. The summed E-state index contributed by atoms with van der Waals surface area (Å²) in [5.74, 6) is -0.414. The quantitative estimate of drug-likeness (QED) is 0.688. The summed E-state index contributed by atoms with van der Waals surface area (Å²) in [6, 6.07) is -0.553. The summed E-state index contributed by atoms with van der Waals surface area (Å²) in [6.45, 7) is 3.60. The number of amides is 2. The largest absolute Gasteiger partial charge is 0.368 e. The number of carbonyl (C=O) groups is 2. The summed E-state index contributed by atoms with van der Waals surface area (Å²) in [4.78, 5) is 23.1. The van der Waals surface area contributed by atoms with Crippen LogP contribution >= 0.6 is 0 Å². The van der Waals surface area contributed by atoms with E-state index < -0.39 is 11.9 Å². The van der Waals surface area contributed by atoms with Crippen molar-refractivity contribution in [3.8, 4) is 0 Å². The maximum absolute atomic E-state index is 11.9. The monoisotopic (exact) mass is 238 g/mol. The van der Waals surface area contributed by atoms with Crippen molar-refractivity contribution in [1.29, 1.82) is 0 Å². The zero-order chi connectivity index (χ0) is 12.7. The number of hydrogen-bond donors (Lipinski definition) is 2. The molecule has 0 saturated heterocycles. The number of hydrogen-bond acceptors (Lipinski definition) is 2. The van der Waals surface area contributed by atoms with E-state index in [1.165, 1.54) is 6.42 Å². The Kier molecular flexibility index (Phi) is 5.73. The van der Waals surface area contributed by atoms with E-state index in [0.29, 0.717) is 12.8 Å². The molecule has 4 heteroatoms. The van der Waals surface area contributed by atoms with Crippen LogP contribution in [0, 0.1) is 5.92 Å². The van der Waals surface area contributed by atoms with E-state index in [1.807, 2.05) is 0 Å². The van der Waals surface area contributed by atoms with Gasteiger partial charge in [-0.3, -0.25) is 9.59 Å². The third-order valence-corrected chi connectivity index (χ3v) is 3.30. The number of carbonyl (C=O) groups excluding carboxylic acids is 2. The molecule has 0 spiro atoms. The first-order valence-corrected chi connectivity index (χ1v) is 6.35. The van der Waals surface area contributed by atoms with Crippen LogP contribution in [0.5, 0.6) is 0 Å². The fourth-order valence-electron chi connectivity index (χ4n) is 2.22. The Morgan fingerprint density at radius 1 is 1.35 bits per heavy atom. The molecule has 1 atom stereocenters. The molecule has 0 radical (unpaired) electrons. The lowest BCUT2D eigenvalue weighted by molar-refractivity contribution is -0.130. The molecule has 4 nitrogen and oxygen atoms in total. The minimum atomic E-state index is -0.553. The van der Waals surface area contributed by atoms with Crippen LogP contribution in [0.15, 0.2) is 12.7 Å². The van der Waals surface area contributed by atoms with E-state index in [4.69, 9.17) is 5.73 Å². The molecule has 1 aliphatic carbocycles. The minimum absolute atomic E-state index is 0.0161. The van der Waals surface area contributed by atoms with Gasteiger partial charge in [-0.1, -0.05) is 25.3 Å². The van der Waals surface area contributed by atoms with Gasteiger partial charge in [0.15, 0.2) is 0 Å². The highest BCUT2D eigenvalue weighted by Gasteiger charge is 2.24. The topological polar surface area (TPSA) is 72.2 Å². The molecular formula is C13H22N2O2. The van der Waals surface area contributed by atoms with Gasteiger partial charge in [-0.15, -0.1) is 6.58 Å². The molecule has 96 valence electrons. The van der Waals surface area contributed by atoms with Gasteiger partial charge in [-0.05, 0) is 25.7 Å². The molecule has 0 unspecified atom stereocenters. The van der Waals surface area contributed by atoms with Crippen LogP contribution in [-0.4, -0.2) is 17.9 Å². The van der Waals surface area contributed by atoms with E-state index in [1.54, 1.807) is 6.08 Å². The molecule has 3 N–H and O–H groups in total. The van der Waals surface area contributed by atoms with Crippen molar-refractivity contribution >= 4 is 11.8 Å². The zero-order valence-corrected chi connectivity index (χ0v) is 10.3. The number of nitrogens with two attached hydrogens (primary N) is 1. The molecule has 17 heavy (non-hydrogen) atoms. The van der Waals surface area contributed by atoms with Crippen molar-refractivity contribution in [3.05, 3.63) is 12.7 Å². The first kappa shape index (κ1) is 13.7. The van der Waals surface area contributed by atoms with Crippen molar-refractivity contribution in [2.24, 2.45) is 11.7 Å². The van der Waals surface area contributed by atoms with Gasteiger partial charge >= 0.3 is 0 Å². The van der Waals surface area contributed by atoms with Crippen LogP contribution in [0.25, 0.3) is 0 Å².